The first-order valence-corrected chi connectivity index (χ1v) is 6.63. The van der Waals surface area contributed by atoms with Crippen LogP contribution in [0.3, 0.4) is 0 Å². The van der Waals surface area contributed by atoms with Gasteiger partial charge in [0, 0.05) is 6.04 Å². The van der Waals surface area contributed by atoms with E-state index >= 15 is 0 Å². The zero-order valence-corrected chi connectivity index (χ0v) is 11.3. The normalized spacial score (nSPS) is 24.6. The maximum Gasteiger partial charge on any atom is 0.137 e. The molecule has 0 spiro atoms. The zero-order valence-electron chi connectivity index (χ0n) is 10.5. The maximum atomic E-state index is 6.05. The molecule has 0 radical (unpaired) electrons. The van der Waals surface area contributed by atoms with Gasteiger partial charge >= 0.3 is 0 Å². The van der Waals surface area contributed by atoms with E-state index in [4.69, 9.17) is 16.3 Å². The highest BCUT2D eigenvalue weighted by Crippen LogP contribution is 2.36. The summed E-state index contributed by atoms with van der Waals surface area (Å²) in [6.45, 7) is 0. The summed E-state index contributed by atoms with van der Waals surface area (Å²) in [4.78, 5) is 0. The lowest BCUT2D eigenvalue weighted by Gasteiger charge is -2.29. The summed E-state index contributed by atoms with van der Waals surface area (Å²) in [6.07, 6.45) is 5.06. The molecule has 0 saturated heterocycles. The van der Waals surface area contributed by atoms with Crippen molar-refractivity contribution in [1.29, 1.82) is 0 Å². The first-order valence-electron chi connectivity index (χ1n) is 6.25. The SMILES string of the molecule is CNC1CCCC(c2ccc(Cl)c(OC)c2)C1. The Hall–Kier alpha value is -0.730. The van der Waals surface area contributed by atoms with Crippen LogP contribution in [-0.4, -0.2) is 20.2 Å². The highest BCUT2D eigenvalue weighted by molar-refractivity contribution is 6.32. The number of ether oxygens (including phenoxy) is 1. The van der Waals surface area contributed by atoms with Crippen LogP contribution in [0.15, 0.2) is 18.2 Å². The van der Waals surface area contributed by atoms with Gasteiger partial charge in [0.15, 0.2) is 0 Å². The van der Waals surface area contributed by atoms with Crippen molar-refractivity contribution in [3.8, 4) is 5.75 Å². The minimum atomic E-state index is 0.632. The molecular weight excluding hydrogens is 234 g/mol. The van der Waals surface area contributed by atoms with E-state index in [1.54, 1.807) is 7.11 Å². The number of hydrogen-bond donors (Lipinski definition) is 1. The van der Waals surface area contributed by atoms with Crippen LogP contribution in [0.25, 0.3) is 0 Å². The molecule has 0 aliphatic heterocycles. The van der Waals surface area contributed by atoms with Gasteiger partial charge in [-0.1, -0.05) is 24.1 Å². The molecule has 1 aliphatic rings. The van der Waals surface area contributed by atoms with Crippen molar-refractivity contribution in [2.24, 2.45) is 0 Å². The van der Waals surface area contributed by atoms with Gasteiger partial charge in [-0.2, -0.15) is 0 Å². The molecule has 2 unspecified atom stereocenters. The number of rotatable bonds is 3. The molecule has 1 saturated carbocycles. The molecule has 2 rings (SSSR count). The van der Waals surface area contributed by atoms with Gasteiger partial charge in [-0.25, -0.2) is 0 Å². The number of methoxy groups -OCH3 is 1. The van der Waals surface area contributed by atoms with E-state index in [-0.39, 0.29) is 0 Å². The largest absolute Gasteiger partial charge is 0.495 e. The van der Waals surface area contributed by atoms with Crippen LogP contribution in [0, 0.1) is 0 Å². The molecule has 1 fully saturated rings. The van der Waals surface area contributed by atoms with Gasteiger partial charge < -0.3 is 10.1 Å². The van der Waals surface area contributed by atoms with Crippen LogP contribution >= 0.6 is 11.6 Å². The van der Waals surface area contributed by atoms with Crippen LogP contribution in [-0.2, 0) is 0 Å². The molecule has 0 heterocycles. The van der Waals surface area contributed by atoms with E-state index in [2.05, 4.69) is 24.5 Å². The predicted molar refractivity (Wildman–Crippen MR) is 72.1 cm³/mol. The first-order chi connectivity index (χ1) is 8.24. The van der Waals surface area contributed by atoms with Crippen molar-refractivity contribution in [3.05, 3.63) is 28.8 Å². The van der Waals surface area contributed by atoms with Gasteiger partial charge in [0.2, 0.25) is 0 Å². The van der Waals surface area contributed by atoms with Crippen LogP contribution in [0.5, 0.6) is 5.75 Å². The van der Waals surface area contributed by atoms with Gasteiger partial charge in [0.25, 0.3) is 0 Å². The highest BCUT2D eigenvalue weighted by Gasteiger charge is 2.22. The first kappa shape index (κ1) is 12.7. The van der Waals surface area contributed by atoms with Crippen LogP contribution < -0.4 is 10.1 Å². The Morgan fingerprint density at radius 3 is 2.88 bits per heavy atom. The molecule has 0 bridgehead atoms. The van der Waals surface area contributed by atoms with Gasteiger partial charge in [0.05, 0.1) is 12.1 Å². The standard InChI is InChI=1S/C14H20ClNO/c1-16-12-5-3-4-10(8-12)11-6-7-13(15)14(9-11)17-2/h6-7,9-10,12,16H,3-5,8H2,1-2H3. The summed E-state index contributed by atoms with van der Waals surface area (Å²) in [5, 5.41) is 4.08. The minimum absolute atomic E-state index is 0.632. The fourth-order valence-corrected chi connectivity index (χ4v) is 2.88. The number of halogens is 1. The van der Waals surface area contributed by atoms with Gasteiger partial charge in [-0.3, -0.25) is 0 Å². The maximum absolute atomic E-state index is 6.05. The molecule has 1 aliphatic carbocycles. The Kier molecular flexibility index (Phi) is 4.30. The molecule has 2 atom stereocenters. The molecule has 2 nitrogen and oxygen atoms in total. The van der Waals surface area contributed by atoms with Gasteiger partial charge in [-0.15, -0.1) is 0 Å². The lowest BCUT2D eigenvalue weighted by molar-refractivity contribution is 0.354. The predicted octanol–water partition coefficient (Wildman–Crippen LogP) is 3.59. The van der Waals surface area contributed by atoms with Crippen molar-refractivity contribution in [1.82, 2.24) is 5.32 Å². The van der Waals surface area contributed by atoms with Crippen LogP contribution in [0.4, 0.5) is 0 Å². The molecule has 1 aromatic rings. The van der Waals surface area contributed by atoms with E-state index in [0.717, 1.165) is 5.75 Å². The average Bonchev–Trinajstić information content (AvgIpc) is 2.39. The van der Waals surface area contributed by atoms with E-state index in [9.17, 15) is 0 Å². The fourth-order valence-electron chi connectivity index (χ4n) is 2.69. The van der Waals surface area contributed by atoms with Gasteiger partial charge in [-0.05, 0) is 49.9 Å². The Morgan fingerprint density at radius 1 is 1.35 bits per heavy atom. The summed E-state index contributed by atoms with van der Waals surface area (Å²) >= 11 is 6.05. The lowest BCUT2D eigenvalue weighted by atomic mass is 9.81. The zero-order chi connectivity index (χ0) is 12.3. The number of nitrogens with one attached hydrogen (secondary N) is 1. The van der Waals surface area contributed by atoms with Crippen molar-refractivity contribution < 1.29 is 4.74 Å². The van der Waals surface area contributed by atoms with Crippen molar-refractivity contribution in [2.75, 3.05) is 14.2 Å². The number of benzene rings is 1. The molecule has 0 amide bonds. The third-order valence-corrected chi connectivity index (χ3v) is 4.04. The smallest absolute Gasteiger partial charge is 0.137 e. The van der Waals surface area contributed by atoms with E-state index in [1.807, 2.05) is 6.07 Å². The van der Waals surface area contributed by atoms with Gasteiger partial charge in [0.1, 0.15) is 5.75 Å². The second-order valence-corrected chi connectivity index (χ2v) is 5.15. The Morgan fingerprint density at radius 2 is 2.18 bits per heavy atom. The highest BCUT2D eigenvalue weighted by atomic mass is 35.5. The lowest BCUT2D eigenvalue weighted by Crippen LogP contribution is -2.30. The Labute approximate surface area is 108 Å². The third-order valence-electron chi connectivity index (χ3n) is 3.73. The van der Waals surface area contributed by atoms with Crippen LogP contribution in [0.2, 0.25) is 5.02 Å². The van der Waals surface area contributed by atoms with Crippen molar-refractivity contribution in [3.63, 3.8) is 0 Å². The monoisotopic (exact) mass is 253 g/mol. The summed E-state index contributed by atoms with van der Waals surface area (Å²) in [5.74, 6) is 1.42. The third kappa shape index (κ3) is 2.93. The van der Waals surface area contributed by atoms with E-state index in [0.29, 0.717) is 17.0 Å². The van der Waals surface area contributed by atoms with Crippen LogP contribution in [0.1, 0.15) is 37.2 Å². The fraction of sp³-hybridized carbons (Fsp3) is 0.571. The quantitative estimate of drug-likeness (QED) is 0.889. The molecular formula is C14H20ClNO. The van der Waals surface area contributed by atoms with Crippen molar-refractivity contribution >= 4 is 11.6 Å². The second kappa shape index (κ2) is 5.74. The number of hydrogen-bond acceptors (Lipinski definition) is 2. The summed E-state index contributed by atoms with van der Waals surface area (Å²) in [5.41, 5.74) is 1.35. The summed E-state index contributed by atoms with van der Waals surface area (Å²) < 4.78 is 5.28. The molecule has 1 N–H and O–H groups in total. The van der Waals surface area contributed by atoms with Crippen molar-refractivity contribution in [2.45, 2.75) is 37.6 Å². The second-order valence-electron chi connectivity index (χ2n) is 4.74. The Bertz CT molecular complexity index is 380. The molecule has 17 heavy (non-hydrogen) atoms. The van der Waals surface area contributed by atoms with E-state index < -0.39 is 0 Å². The Balaban J connectivity index is 2.16. The average molecular weight is 254 g/mol. The minimum Gasteiger partial charge on any atom is -0.495 e. The van der Waals surface area contributed by atoms with E-state index in [1.165, 1.54) is 31.2 Å². The molecule has 3 heteroatoms. The summed E-state index contributed by atoms with van der Waals surface area (Å²) in [6, 6.07) is 6.81. The topological polar surface area (TPSA) is 21.3 Å². The summed E-state index contributed by atoms with van der Waals surface area (Å²) in [7, 11) is 3.72. The molecule has 94 valence electrons. The molecule has 0 aromatic heterocycles. The molecule has 1 aromatic carbocycles.